The molecule has 1 aromatic heterocycles. The van der Waals surface area contributed by atoms with Gasteiger partial charge in [0.2, 0.25) is 0 Å². The fraction of sp³-hybridized carbons (Fsp3) is 0.300. The largest absolute Gasteiger partial charge is 0.240 e. The summed E-state index contributed by atoms with van der Waals surface area (Å²) in [4.78, 5) is 4.48. The number of thiazole rings is 1. The Bertz CT molecular complexity index is 408. The molecule has 2 aromatic rings. The second-order valence-corrected chi connectivity index (χ2v) is 4.49. The lowest BCUT2D eigenvalue weighted by Gasteiger charge is -1.94. The van der Waals surface area contributed by atoms with Gasteiger partial charge < -0.3 is 0 Å². The van der Waals surface area contributed by atoms with Crippen LogP contribution in [0.5, 0.6) is 0 Å². The topological polar surface area (TPSA) is 12.9 Å². The lowest BCUT2D eigenvalue weighted by molar-refractivity contribution is 1.11. The van der Waals surface area contributed by atoms with E-state index in [0.717, 1.165) is 22.0 Å². The average molecular weight is 212 g/mol. The summed E-state index contributed by atoms with van der Waals surface area (Å²) >= 11 is 7.79. The minimum absolute atomic E-state index is 0.761. The van der Waals surface area contributed by atoms with Gasteiger partial charge in [0.25, 0.3) is 0 Å². The Hall–Kier alpha value is -0.600. The first-order valence-electron chi connectivity index (χ1n) is 4.27. The van der Waals surface area contributed by atoms with Crippen LogP contribution in [-0.4, -0.2) is 4.98 Å². The zero-order chi connectivity index (χ0) is 9.42. The minimum atomic E-state index is 0.761. The van der Waals surface area contributed by atoms with Crippen molar-refractivity contribution in [3.63, 3.8) is 0 Å². The SMILES string of the molecule is CCc1nc2c(Cl)ccc(C)c2s1. The van der Waals surface area contributed by atoms with Gasteiger partial charge in [-0.3, -0.25) is 0 Å². The maximum atomic E-state index is 6.04. The zero-order valence-electron chi connectivity index (χ0n) is 7.60. The maximum Gasteiger partial charge on any atom is 0.100 e. The van der Waals surface area contributed by atoms with Gasteiger partial charge >= 0.3 is 0 Å². The summed E-state index contributed by atoms with van der Waals surface area (Å²) in [6, 6.07) is 3.96. The summed E-state index contributed by atoms with van der Waals surface area (Å²) in [5, 5.41) is 1.92. The molecule has 1 aromatic carbocycles. The molecule has 0 saturated heterocycles. The smallest absolute Gasteiger partial charge is 0.100 e. The van der Waals surface area contributed by atoms with Gasteiger partial charge in [-0.25, -0.2) is 4.98 Å². The van der Waals surface area contributed by atoms with Gasteiger partial charge in [0.1, 0.15) is 5.52 Å². The van der Waals surface area contributed by atoms with Crippen molar-refractivity contribution in [1.29, 1.82) is 0 Å². The molecule has 0 saturated carbocycles. The number of benzene rings is 1. The van der Waals surface area contributed by atoms with Crippen LogP contribution >= 0.6 is 22.9 Å². The molecule has 13 heavy (non-hydrogen) atoms. The van der Waals surface area contributed by atoms with Crippen molar-refractivity contribution in [2.45, 2.75) is 20.3 Å². The fourth-order valence-corrected chi connectivity index (χ4v) is 2.55. The quantitative estimate of drug-likeness (QED) is 0.699. The lowest BCUT2D eigenvalue weighted by atomic mass is 10.2. The molecule has 0 bridgehead atoms. The average Bonchev–Trinajstić information content (AvgIpc) is 2.56. The third-order valence-corrected chi connectivity index (χ3v) is 3.68. The van der Waals surface area contributed by atoms with Crippen LogP contribution in [0, 0.1) is 6.92 Å². The van der Waals surface area contributed by atoms with Crippen LogP contribution in [0.25, 0.3) is 10.2 Å². The molecule has 1 heterocycles. The molecule has 68 valence electrons. The van der Waals surface area contributed by atoms with Crippen molar-refractivity contribution >= 4 is 33.2 Å². The van der Waals surface area contributed by atoms with Crippen LogP contribution in [0.2, 0.25) is 5.02 Å². The van der Waals surface area contributed by atoms with Crippen molar-refractivity contribution < 1.29 is 0 Å². The molecule has 0 aliphatic heterocycles. The van der Waals surface area contributed by atoms with E-state index < -0.39 is 0 Å². The second kappa shape index (κ2) is 3.28. The molecule has 0 atom stereocenters. The molecular formula is C10H10ClNS. The molecule has 0 fully saturated rings. The van der Waals surface area contributed by atoms with E-state index in [1.165, 1.54) is 10.3 Å². The Morgan fingerprint density at radius 2 is 2.23 bits per heavy atom. The Labute approximate surface area is 86.4 Å². The van der Waals surface area contributed by atoms with E-state index in [0.29, 0.717) is 0 Å². The van der Waals surface area contributed by atoms with Gasteiger partial charge in [0, 0.05) is 0 Å². The Kier molecular flexibility index (Phi) is 2.26. The number of hydrogen-bond donors (Lipinski definition) is 0. The van der Waals surface area contributed by atoms with Gasteiger partial charge in [-0.1, -0.05) is 24.6 Å². The van der Waals surface area contributed by atoms with E-state index >= 15 is 0 Å². The van der Waals surface area contributed by atoms with E-state index in [9.17, 15) is 0 Å². The van der Waals surface area contributed by atoms with E-state index in [4.69, 9.17) is 11.6 Å². The van der Waals surface area contributed by atoms with Crippen LogP contribution in [0.4, 0.5) is 0 Å². The molecule has 0 radical (unpaired) electrons. The lowest BCUT2D eigenvalue weighted by Crippen LogP contribution is -1.76. The first-order chi connectivity index (χ1) is 6.22. The molecule has 0 aliphatic carbocycles. The molecule has 0 amide bonds. The normalized spacial score (nSPS) is 11.0. The summed E-state index contributed by atoms with van der Waals surface area (Å²) < 4.78 is 1.23. The number of halogens is 1. The number of fused-ring (bicyclic) bond motifs is 1. The molecule has 0 aliphatic rings. The predicted molar refractivity (Wildman–Crippen MR) is 58.7 cm³/mol. The molecular weight excluding hydrogens is 202 g/mol. The number of hydrogen-bond acceptors (Lipinski definition) is 2. The number of rotatable bonds is 1. The highest BCUT2D eigenvalue weighted by molar-refractivity contribution is 7.18. The highest BCUT2D eigenvalue weighted by Gasteiger charge is 2.07. The van der Waals surface area contributed by atoms with E-state index in [2.05, 4.69) is 18.8 Å². The molecule has 1 nitrogen and oxygen atoms in total. The van der Waals surface area contributed by atoms with Gasteiger partial charge in [-0.2, -0.15) is 0 Å². The molecule has 0 N–H and O–H groups in total. The van der Waals surface area contributed by atoms with E-state index in [1.807, 2.05) is 12.1 Å². The van der Waals surface area contributed by atoms with Gasteiger partial charge in [-0.15, -0.1) is 11.3 Å². The van der Waals surface area contributed by atoms with Crippen LogP contribution < -0.4 is 0 Å². The van der Waals surface area contributed by atoms with Crippen molar-refractivity contribution in [3.05, 3.63) is 27.7 Å². The highest BCUT2D eigenvalue weighted by atomic mass is 35.5. The Balaban J connectivity index is 2.80. The minimum Gasteiger partial charge on any atom is -0.240 e. The Morgan fingerprint density at radius 1 is 1.46 bits per heavy atom. The third-order valence-electron chi connectivity index (χ3n) is 2.04. The molecule has 3 heteroatoms. The van der Waals surface area contributed by atoms with E-state index in [1.54, 1.807) is 11.3 Å². The van der Waals surface area contributed by atoms with Gasteiger partial charge in [0.15, 0.2) is 0 Å². The zero-order valence-corrected chi connectivity index (χ0v) is 9.17. The number of aryl methyl sites for hydroxylation is 2. The van der Waals surface area contributed by atoms with Crippen molar-refractivity contribution in [2.75, 3.05) is 0 Å². The van der Waals surface area contributed by atoms with Crippen molar-refractivity contribution in [3.8, 4) is 0 Å². The molecule has 0 spiro atoms. The highest BCUT2D eigenvalue weighted by Crippen LogP contribution is 2.30. The summed E-state index contributed by atoms with van der Waals surface area (Å²) in [5.41, 5.74) is 2.22. The monoisotopic (exact) mass is 211 g/mol. The molecule has 2 rings (SSSR count). The summed E-state index contributed by atoms with van der Waals surface area (Å²) in [7, 11) is 0. The first-order valence-corrected chi connectivity index (χ1v) is 5.46. The van der Waals surface area contributed by atoms with Crippen LogP contribution in [0.3, 0.4) is 0 Å². The van der Waals surface area contributed by atoms with Crippen LogP contribution in [-0.2, 0) is 6.42 Å². The maximum absolute atomic E-state index is 6.04. The predicted octanol–water partition coefficient (Wildman–Crippen LogP) is 3.82. The van der Waals surface area contributed by atoms with Crippen LogP contribution in [0.15, 0.2) is 12.1 Å². The summed E-state index contributed by atoms with van der Waals surface area (Å²) in [6.45, 7) is 4.21. The van der Waals surface area contributed by atoms with Crippen molar-refractivity contribution in [2.24, 2.45) is 0 Å². The van der Waals surface area contributed by atoms with Crippen molar-refractivity contribution in [1.82, 2.24) is 4.98 Å². The van der Waals surface area contributed by atoms with E-state index in [-0.39, 0.29) is 0 Å². The van der Waals surface area contributed by atoms with Gasteiger partial charge in [0.05, 0.1) is 14.7 Å². The fourth-order valence-electron chi connectivity index (χ4n) is 1.30. The second-order valence-electron chi connectivity index (χ2n) is 3.00. The summed E-state index contributed by atoms with van der Waals surface area (Å²) in [6.07, 6.45) is 0.981. The molecule has 0 unspecified atom stereocenters. The van der Waals surface area contributed by atoms with Gasteiger partial charge in [-0.05, 0) is 25.0 Å². The third kappa shape index (κ3) is 1.45. The van der Waals surface area contributed by atoms with Crippen LogP contribution in [0.1, 0.15) is 17.5 Å². The number of aromatic nitrogens is 1. The number of nitrogens with zero attached hydrogens (tertiary/aromatic N) is 1. The first kappa shape index (κ1) is 8.97. The summed E-state index contributed by atoms with van der Waals surface area (Å²) in [5.74, 6) is 0. The standard InChI is InChI=1S/C10H10ClNS/c1-3-8-12-9-7(11)5-4-6(2)10(9)13-8/h4-5H,3H2,1-2H3. The Morgan fingerprint density at radius 3 is 2.85 bits per heavy atom.